The highest BCUT2D eigenvalue weighted by atomic mass is 28.3. The molecule has 236 valence electrons. The maximum absolute atomic E-state index is 5.06. The topological polar surface area (TPSA) is 19.4 Å². The molecule has 0 bridgehead atoms. The minimum atomic E-state index is -2.10. The molecule has 0 N–H and O–H groups in total. The molecule has 0 saturated heterocycles. The molecular formula is C45H37N3Si. The van der Waals surface area contributed by atoms with E-state index in [1.807, 2.05) is 12.3 Å². The molecule has 0 radical (unpaired) electrons. The summed E-state index contributed by atoms with van der Waals surface area (Å²) in [6.07, 6.45) is 15.1. The summed E-state index contributed by atoms with van der Waals surface area (Å²) in [6.45, 7) is 7.72. The molecule has 6 aliphatic rings. The SMILES string of the molecule is CC12C=CC3=C(c4ccccc4C34c3ccccc3N3c5c(cccc54)C4=CC=CCC43)C1N(c1ccccn1)c1ccccc1[Si]2(C)C. The van der Waals surface area contributed by atoms with Gasteiger partial charge in [0.25, 0.3) is 0 Å². The Morgan fingerprint density at radius 3 is 2.33 bits per heavy atom. The van der Waals surface area contributed by atoms with Crippen LogP contribution in [-0.4, -0.2) is 25.1 Å². The lowest BCUT2D eigenvalue weighted by atomic mass is 9.63. The van der Waals surface area contributed by atoms with Gasteiger partial charge in [0, 0.05) is 28.2 Å². The van der Waals surface area contributed by atoms with Crippen LogP contribution >= 0.6 is 0 Å². The molecule has 1 spiro atoms. The Balaban J connectivity index is 1.28. The van der Waals surface area contributed by atoms with Crippen molar-refractivity contribution in [3.63, 3.8) is 0 Å². The van der Waals surface area contributed by atoms with Gasteiger partial charge >= 0.3 is 0 Å². The molecule has 4 heterocycles. The van der Waals surface area contributed by atoms with Crippen LogP contribution in [0.4, 0.5) is 22.9 Å². The number of hydrogen-bond donors (Lipinski definition) is 0. The van der Waals surface area contributed by atoms with Gasteiger partial charge in [0.2, 0.25) is 0 Å². The molecule has 3 aliphatic carbocycles. The van der Waals surface area contributed by atoms with Crippen molar-refractivity contribution in [3.05, 3.63) is 179 Å². The van der Waals surface area contributed by atoms with E-state index in [2.05, 4.69) is 163 Å². The fourth-order valence-corrected chi connectivity index (χ4v) is 14.1. The van der Waals surface area contributed by atoms with Gasteiger partial charge in [-0.2, -0.15) is 0 Å². The van der Waals surface area contributed by atoms with Crippen molar-refractivity contribution in [2.75, 3.05) is 9.80 Å². The summed E-state index contributed by atoms with van der Waals surface area (Å²) in [5.41, 5.74) is 14.8. The highest BCUT2D eigenvalue weighted by molar-refractivity contribution is 6.94. The Labute approximate surface area is 289 Å². The quantitative estimate of drug-likeness (QED) is 0.169. The van der Waals surface area contributed by atoms with Gasteiger partial charge in [0.15, 0.2) is 0 Å². The van der Waals surface area contributed by atoms with Crippen molar-refractivity contribution in [2.24, 2.45) is 0 Å². The van der Waals surface area contributed by atoms with Crippen molar-refractivity contribution in [2.45, 2.75) is 49.0 Å². The highest BCUT2D eigenvalue weighted by Gasteiger charge is 2.63. The average molecular weight is 648 g/mol. The molecule has 4 atom stereocenters. The lowest BCUT2D eigenvalue weighted by Crippen LogP contribution is -2.65. The van der Waals surface area contributed by atoms with E-state index in [9.17, 15) is 0 Å². The number of para-hydroxylation sites is 3. The minimum absolute atomic E-state index is 0.0796. The minimum Gasteiger partial charge on any atom is -0.332 e. The van der Waals surface area contributed by atoms with Crippen LogP contribution < -0.4 is 15.0 Å². The van der Waals surface area contributed by atoms with Gasteiger partial charge in [0.1, 0.15) is 5.82 Å². The van der Waals surface area contributed by atoms with Gasteiger partial charge < -0.3 is 9.80 Å². The highest BCUT2D eigenvalue weighted by Crippen LogP contribution is 2.69. The summed E-state index contributed by atoms with van der Waals surface area (Å²) in [4.78, 5) is 10.3. The molecule has 11 rings (SSSR count). The van der Waals surface area contributed by atoms with Crippen molar-refractivity contribution < 1.29 is 0 Å². The number of aromatic nitrogens is 1. The van der Waals surface area contributed by atoms with E-state index in [0.717, 1.165) is 12.2 Å². The average Bonchev–Trinajstić information content (AvgIpc) is 3.64. The zero-order valence-electron chi connectivity index (χ0n) is 28.1. The summed E-state index contributed by atoms with van der Waals surface area (Å²) < 4.78 is 0. The molecule has 3 nitrogen and oxygen atoms in total. The van der Waals surface area contributed by atoms with E-state index in [1.165, 1.54) is 66.8 Å². The standard InChI is InChI=1S/C45H37N3Si/c1-44-27-26-34-41(43(44)48(40-25-12-13-28-46-40)38-23-10-11-24-39(38)49(44,2)3)31-16-4-6-18-32(31)45(34)33-19-7-9-22-37(33)47-36-21-8-5-15-29(36)30-17-14-20-35(45)42(30)47/h4-20,22-28,36,43H,21H2,1-3H3. The molecule has 1 aromatic heterocycles. The fraction of sp³-hybridized carbons (Fsp3) is 0.178. The van der Waals surface area contributed by atoms with Gasteiger partial charge in [0.05, 0.1) is 31.3 Å². The first-order valence-electron chi connectivity index (χ1n) is 17.7. The maximum Gasteiger partial charge on any atom is 0.133 e. The number of fused-ring (bicyclic) bond motifs is 14. The van der Waals surface area contributed by atoms with E-state index in [4.69, 9.17) is 4.98 Å². The molecule has 4 aromatic carbocycles. The fourth-order valence-electron chi connectivity index (χ4n) is 10.7. The Morgan fingerprint density at radius 1 is 0.735 bits per heavy atom. The first-order valence-corrected chi connectivity index (χ1v) is 20.7. The van der Waals surface area contributed by atoms with Gasteiger partial charge in [-0.1, -0.05) is 135 Å². The third-order valence-corrected chi connectivity index (χ3v) is 18.0. The number of anilines is 4. The molecule has 3 aliphatic heterocycles. The van der Waals surface area contributed by atoms with Crippen LogP contribution in [0.1, 0.15) is 41.2 Å². The van der Waals surface area contributed by atoms with Crippen LogP contribution in [0.15, 0.2) is 151 Å². The molecule has 5 aromatic rings. The summed E-state index contributed by atoms with van der Waals surface area (Å²) >= 11 is 0. The largest absolute Gasteiger partial charge is 0.332 e. The van der Waals surface area contributed by atoms with E-state index in [-0.39, 0.29) is 11.1 Å². The summed E-state index contributed by atoms with van der Waals surface area (Å²) in [6, 6.07) is 41.7. The molecule has 49 heavy (non-hydrogen) atoms. The first-order chi connectivity index (χ1) is 24.0. The van der Waals surface area contributed by atoms with Crippen LogP contribution in [-0.2, 0) is 5.41 Å². The number of hydrogen-bond acceptors (Lipinski definition) is 3. The zero-order chi connectivity index (χ0) is 32.7. The normalized spacial score (nSPS) is 27.1. The van der Waals surface area contributed by atoms with Crippen LogP contribution in [0.25, 0.3) is 11.1 Å². The lowest BCUT2D eigenvalue weighted by Gasteiger charge is -2.58. The van der Waals surface area contributed by atoms with Crippen LogP contribution in [0, 0.1) is 0 Å². The molecule has 4 heteroatoms. The zero-order valence-corrected chi connectivity index (χ0v) is 29.1. The summed E-state index contributed by atoms with van der Waals surface area (Å²) in [7, 11) is -2.10. The summed E-state index contributed by atoms with van der Waals surface area (Å²) in [5.74, 6) is 1.01. The molecular weight excluding hydrogens is 611 g/mol. The maximum atomic E-state index is 5.06. The number of allylic oxidation sites excluding steroid dienone is 4. The van der Waals surface area contributed by atoms with Crippen molar-refractivity contribution in [1.29, 1.82) is 0 Å². The van der Waals surface area contributed by atoms with Gasteiger partial charge in [-0.25, -0.2) is 4.98 Å². The molecule has 0 saturated carbocycles. The number of nitrogens with zero attached hydrogens (tertiary/aromatic N) is 3. The molecule has 0 amide bonds. The van der Waals surface area contributed by atoms with E-state index in [0.29, 0.717) is 6.04 Å². The van der Waals surface area contributed by atoms with Gasteiger partial charge in [-0.05, 0) is 74.8 Å². The monoisotopic (exact) mass is 647 g/mol. The lowest BCUT2D eigenvalue weighted by molar-refractivity contribution is 0.603. The third-order valence-electron chi connectivity index (χ3n) is 13.1. The Kier molecular flexibility index (Phi) is 5.25. The summed E-state index contributed by atoms with van der Waals surface area (Å²) in [5, 5.41) is 1.40. The van der Waals surface area contributed by atoms with Crippen molar-refractivity contribution in [3.8, 4) is 0 Å². The van der Waals surface area contributed by atoms with Crippen LogP contribution in [0.2, 0.25) is 18.1 Å². The number of pyridine rings is 1. The Morgan fingerprint density at radius 2 is 1.47 bits per heavy atom. The second-order valence-electron chi connectivity index (χ2n) is 15.2. The molecule has 4 unspecified atom stereocenters. The van der Waals surface area contributed by atoms with Crippen LogP contribution in [0.5, 0.6) is 0 Å². The Hall–Kier alpha value is -5.19. The van der Waals surface area contributed by atoms with E-state index >= 15 is 0 Å². The van der Waals surface area contributed by atoms with Crippen molar-refractivity contribution in [1.82, 2.24) is 4.98 Å². The molecule has 0 fully saturated rings. The van der Waals surface area contributed by atoms with E-state index < -0.39 is 13.5 Å². The Bertz CT molecular complexity index is 2400. The van der Waals surface area contributed by atoms with Crippen LogP contribution in [0.3, 0.4) is 0 Å². The first kappa shape index (κ1) is 27.7. The van der Waals surface area contributed by atoms with Crippen molar-refractivity contribution >= 4 is 47.3 Å². The number of benzene rings is 4. The predicted octanol–water partition coefficient (Wildman–Crippen LogP) is 9.83. The predicted molar refractivity (Wildman–Crippen MR) is 205 cm³/mol. The van der Waals surface area contributed by atoms with E-state index in [1.54, 1.807) is 0 Å². The second-order valence-corrected chi connectivity index (χ2v) is 20.1. The van der Waals surface area contributed by atoms with Gasteiger partial charge in [-0.15, -0.1) is 0 Å². The smallest absolute Gasteiger partial charge is 0.133 e. The second kappa shape index (κ2) is 9.28. The number of rotatable bonds is 1. The van der Waals surface area contributed by atoms with Gasteiger partial charge in [-0.3, -0.25) is 0 Å². The third kappa shape index (κ3) is 3.09.